The number of phenolic OH excluding ortho intramolecular Hbond substituents is 1. The van der Waals surface area contributed by atoms with Gasteiger partial charge in [-0.25, -0.2) is 9.82 Å². The van der Waals surface area contributed by atoms with Gasteiger partial charge in [-0.05, 0) is 54.1 Å². The molecule has 0 aliphatic rings. The van der Waals surface area contributed by atoms with E-state index in [4.69, 9.17) is 0 Å². The van der Waals surface area contributed by atoms with Crippen LogP contribution in [0.5, 0.6) is 5.75 Å². The number of hydrazone groups is 1. The summed E-state index contributed by atoms with van der Waals surface area (Å²) in [6, 6.07) is 15.7. The third-order valence-corrected chi connectivity index (χ3v) is 4.88. The van der Waals surface area contributed by atoms with Gasteiger partial charge in [0, 0.05) is 37.0 Å². The molecule has 0 unspecified atom stereocenters. The first-order chi connectivity index (χ1) is 17.1. The van der Waals surface area contributed by atoms with Gasteiger partial charge in [0.25, 0.3) is 11.8 Å². The summed E-state index contributed by atoms with van der Waals surface area (Å²) in [6.45, 7) is 0. The van der Waals surface area contributed by atoms with E-state index < -0.39 is 34.0 Å². The van der Waals surface area contributed by atoms with Crippen molar-refractivity contribution in [2.24, 2.45) is 5.10 Å². The molecular formula is C25H22FN5O5. The van der Waals surface area contributed by atoms with Crippen LogP contribution in [0.15, 0.2) is 77.5 Å². The number of hydrogen-bond acceptors (Lipinski definition) is 7. The van der Waals surface area contributed by atoms with E-state index in [1.54, 1.807) is 12.1 Å². The summed E-state index contributed by atoms with van der Waals surface area (Å²) in [5, 5.41) is 26.8. The summed E-state index contributed by atoms with van der Waals surface area (Å²) in [5.74, 6) is -2.61. The van der Waals surface area contributed by atoms with Gasteiger partial charge in [0.1, 0.15) is 11.5 Å². The highest BCUT2D eigenvalue weighted by molar-refractivity contribution is 6.05. The number of anilines is 1. The van der Waals surface area contributed by atoms with Crippen molar-refractivity contribution in [3.8, 4) is 5.75 Å². The van der Waals surface area contributed by atoms with E-state index in [1.165, 1.54) is 30.3 Å². The molecule has 3 N–H and O–H groups in total. The van der Waals surface area contributed by atoms with Gasteiger partial charge in [-0.3, -0.25) is 19.7 Å². The van der Waals surface area contributed by atoms with Gasteiger partial charge in [0.2, 0.25) is 0 Å². The molecule has 0 spiro atoms. The number of carbonyl (C=O) groups excluding carboxylic acids is 2. The summed E-state index contributed by atoms with van der Waals surface area (Å²) >= 11 is 0. The Morgan fingerprint density at radius 3 is 2.39 bits per heavy atom. The molecule has 0 saturated heterocycles. The Bertz CT molecular complexity index is 1350. The second-order valence-corrected chi connectivity index (χ2v) is 7.71. The van der Waals surface area contributed by atoms with E-state index in [2.05, 4.69) is 15.8 Å². The number of aromatic hydroxyl groups is 1. The molecule has 3 aromatic carbocycles. The number of halogens is 1. The maximum atomic E-state index is 13.5. The van der Waals surface area contributed by atoms with Crippen LogP contribution in [-0.4, -0.2) is 42.2 Å². The molecule has 10 nitrogen and oxygen atoms in total. The Hall–Kier alpha value is -5.06. The highest BCUT2D eigenvalue weighted by atomic mass is 19.1. The molecule has 0 aromatic heterocycles. The fraction of sp³-hybridized carbons (Fsp3) is 0.0800. The van der Waals surface area contributed by atoms with Crippen molar-refractivity contribution in [3.05, 3.63) is 105 Å². The fourth-order valence-corrected chi connectivity index (χ4v) is 3.01. The molecule has 0 radical (unpaired) electrons. The van der Waals surface area contributed by atoms with E-state index in [1.807, 2.05) is 31.1 Å². The zero-order valence-electron chi connectivity index (χ0n) is 19.3. The molecule has 0 heterocycles. The topological polar surface area (TPSA) is 137 Å². The number of carbonyl (C=O) groups is 2. The first kappa shape index (κ1) is 25.6. The molecule has 36 heavy (non-hydrogen) atoms. The number of rotatable bonds is 8. The van der Waals surface area contributed by atoms with Crippen LogP contribution in [-0.2, 0) is 4.79 Å². The SMILES string of the molecule is CN(C)c1ccc(/C=C(\NC(=O)c2cccc(F)c2)C(=O)N/N=C/c2ccc(O)c([N+](=O)[O-])c2)cc1. The first-order valence-corrected chi connectivity index (χ1v) is 10.5. The predicted molar refractivity (Wildman–Crippen MR) is 133 cm³/mol. The summed E-state index contributed by atoms with van der Waals surface area (Å²) < 4.78 is 13.5. The van der Waals surface area contributed by atoms with Crippen LogP contribution in [0.1, 0.15) is 21.5 Å². The van der Waals surface area contributed by atoms with E-state index in [0.29, 0.717) is 5.56 Å². The monoisotopic (exact) mass is 491 g/mol. The summed E-state index contributed by atoms with van der Waals surface area (Å²) in [4.78, 5) is 37.6. The Morgan fingerprint density at radius 2 is 1.75 bits per heavy atom. The number of nitrogens with one attached hydrogen (secondary N) is 2. The Morgan fingerprint density at radius 1 is 1.06 bits per heavy atom. The average molecular weight is 491 g/mol. The maximum absolute atomic E-state index is 13.5. The van der Waals surface area contributed by atoms with Gasteiger partial charge in [0.15, 0.2) is 5.75 Å². The normalized spacial score (nSPS) is 11.2. The van der Waals surface area contributed by atoms with Gasteiger partial charge in [-0.15, -0.1) is 0 Å². The molecule has 184 valence electrons. The van der Waals surface area contributed by atoms with E-state index in [0.717, 1.165) is 30.1 Å². The zero-order valence-corrected chi connectivity index (χ0v) is 19.3. The lowest BCUT2D eigenvalue weighted by molar-refractivity contribution is -0.385. The van der Waals surface area contributed by atoms with Crippen molar-refractivity contribution in [1.29, 1.82) is 0 Å². The quantitative estimate of drug-likeness (QED) is 0.191. The molecular weight excluding hydrogens is 469 g/mol. The first-order valence-electron chi connectivity index (χ1n) is 10.5. The Kier molecular flexibility index (Phi) is 8.08. The minimum absolute atomic E-state index is 0.0107. The predicted octanol–water partition coefficient (Wildman–Crippen LogP) is 3.43. The molecule has 11 heteroatoms. The standard InChI is InChI=1S/C25H22FN5O5/c1-30(2)20-9-6-16(7-10-20)12-21(28-24(33)18-4-3-5-19(26)14-18)25(34)29-27-15-17-8-11-23(32)22(13-17)31(35)36/h3-15,32H,1-2H3,(H,28,33)(H,29,34)/b21-12-,27-15+. The lowest BCUT2D eigenvalue weighted by atomic mass is 10.1. The molecule has 2 amide bonds. The van der Waals surface area contributed by atoms with E-state index >= 15 is 0 Å². The number of amides is 2. The van der Waals surface area contributed by atoms with Crippen LogP contribution in [0.3, 0.4) is 0 Å². The zero-order chi connectivity index (χ0) is 26.2. The average Bonchev–Trinajstić information content (AvgIpc) is 2.84. The van der Waals surface area contributed by atoms with Crippen molar-refractivity contribution in [2.75, 3.05) is 19.0 Å². The fourth-order valence-electron chi connectivity index (χ4n) is 3.01. The number of hydrogen-bond donors (Lipinski definition) is 3. The molecule has 0 aliphatic carbocycles. The van der Waals surface area contributed by atoms with E-state index in [-0.39, 0.29) is 16.8 Å². The molecule has 3 rings (SSSR count). The molecule has 0 aliphatic heterocycles. The van der Waals surface area contributed by atoms with Crippen molar-refractivity contribution < 1.29 is 24.0 Å². The number of nitrogens with zero attached hydrogens (tertiary/aromatic N) is 3. The Balaban J connectivity index is 1.84. The smallest absolute Gasteiger partial charge is 0.311 e. The molecule has 3 aromatic rings. The van der Waals surface area contributed by atoms with Crippen LogP contribution in [0, 0.1) is 15.9 Å². The summed E-state index contributed by atoms with van der Waals surface area (Å²) in [5.41, 5.74) is 3.34. The highest BCUT2D eigenvalue weighted by Gasteiger charge is 2.16. The number of phenols is 1. The largest absolute Gasteiger partial charge is 0.502 e. The summed E-state index contributed by atoms with van der Waals surface area (Å²) in [7, 11) is 3.76. The minimum atomic E-state index is -0.791. The van der Waals surface area contributed by atoms with Crippen molar-refractivity contribution in [2.45, 2.75) is 0 Å². The maximum Gasteiger partial charge on any atom is 0.311 e. The molecule has 0 bridgehead atoms. The third-order valence-electron chi connectivity index (χ3n) is 4.88. The summed E-state index contributed by atoms with van der Waals surface area (Å²) in [6.07, 6.45) is 2.56. The minimum Gasteiger partial charge on any atom is -0.502 e. The van der Waals surface area contributed by atoms with Gasteiger partial charge in [-0.1, -0.05) is 18.2 Å². The lowest BCUT2D eigenvalue weighted by Crippen LogP contribution is -2.32. The lowest BCUT2D eigenvalue weighted by Gasteiger charge is -2.12. The van der Waals surface area contributed by atoms with Gasteiger partial charge < -0.3 is 15.3 Å². The molecule has 0 saturated carbocycles. The van der Waals surface area contributed by atoms with Crippen LogP contribution in [0.25, 0.3) is 6.08 Å². The number of nitro benzene ring substituents is 1. The number of nitro groups is 1. The van der Waals surface area contributed by atoms with Crippen LogP contribution >= 0.6 is 0 Å². The Labute approximate surface area is 205 Å². The molecule has 0 atom stereocenters. The van der Waals surface area contributed by atoms with E-state index in [9.17, 15) is 29.2 Å². The van der Waals surface area contributed by atoms with Gasteiger partial charge in [-0.2, -0.15) is 5.10 Å². The number of benzene rings is 3. The highest BCUT2D eigenvalue weighted by Crippen LogP contribution is 2.25. The van der Waals surface area contributed by atoms with Crippen molar-refractivity contribution >= 4 is 35.5 Å². The van der Waals surface area contributed by atoms with Gasteiger partial charge in [0.05, 0.1) is 11.1 Å². The molecule has 0 fully saturated rings. The van der Waals surface area contributed by atoms with Crippen molar-refractivity contribution in [1.82, 2.24) is 10.7 Å². The third kappa shape index (κ3) is 6.73. The van der Waals surface area contributed by atoms with Gasteiger partial charge >= 0.3 is 5.69 Å². The second kappa shape index (κ2) is 11.4. The second-order valence-electron chi connectivity index (χ2n) is 7.71. The van der Waals surface area contributed by atoms with Crippen LogP contribution in [0.4, 0.5) is 15.8 Å². The van der Waals surface area contributed by atoms with Crippen molar-refractivity contribution in [3.63, 3.8) is 0 Å². The van der Waals surface area contributed by atoms with Crippen LogP contribution < -0.4 is 15.6 Å². The van der Waals surface area contributed by atoms with Crippen LogP contribution in [0.2, 0.25) is 0 Å².